The Morgan fingerprint density at radius 2 is 2.00 bits per heavy atom. The van der Waals surface area contributed by atoms with Gasteiger partial charge in [-0.15, -0.1) is 0 Å². The van der Waals surface area contributed by atoms with Crippen molar-refractivity contribution in [2.24, 2.45) is 0 Å². The molecule has 0 N–H and O–H groups in total. The van der Waals surface area contributed by atoms with E-state index in [2.05, 4.69) is 33.5 Å². The Bertz CT molecular complexity index is 917. The van der Waals surface area contributed by atoms with Gasteiger partial charge in [-0.2, -0.15) is 0 Å². The van der Waals surface area contributed by atoms with Gasteiger partial charge in [-0.3, -0.25) is 4.79 Å². The minimum absolute atomic E-state index is 0.310. The summed E-state index contributed by atoms with van der Waals surface area (Å²) in [5, 5.41) is 1.77. The normalized spacial score (nSPS) is 11.0. The van der Waals surface area contributed by atoms with Gasteiger partial charge in [-0.25, -0.2) is 0 Å². The second-order valence-corrected chi connectivity index (χ2v) is 6.90. The van der Waals surface area contributed by atoms with E-state index in [0.717, 1.165) is 28.3 Å². The van der Waals surface area contributed by atoms with E-state index in [-0.39, 0.29) is 5.97 Å². The first-order valence-electron chi connectivity index (χ1n) is 7.72. The van der Waals surface area contributed by atoms with Crippen molar-refractivity contribution in [3.8, 4) is 5.75 Å². The van der Waals surface area contributed by atoms with Crippen LogP contribution in [-0.4, -0.2) is 10.5 Å². The molecule has 0 aliphatic carbocycles. The molecule has 3 rings (SSSR count). The van der Waals surface area contributed by atoms with Crippen molar-refractivity contribution in [1.82, 2.24) is 4.57 Å². The van der Waals surface area contributed by atoms with E-state index in [9.17, 15) is 4.79 Å². The Kier molecular flexibility index (Phi) is 4.97. The molecule has 1 heterocycles. The predicted octanol–water partition coefficient (Wildman–Crippen LogP) is 5.59. The smallest absolute Gasteiger partial charge is 0.308 e. The van der Waals surface area contributed by atoms with E-state index in [4.69, 9.17) is 16.3 Å². The maximum absolute atomic E-state index is 11.1. The van der Waals surface area contributed by atoms with E-state index < -0.39 is 0 Å². The van der Waals surface area contributed by atoms with E-state index >= 15 is 0 Å². The minimum atomic E-state index is -0.310. The monoisotopic (exact) mass is 405 g/mol. The number of halogens is 2. The summed E-state index contributed by atoms with van der Waals surface area (Å²) in [6.45, 7) is 4.30. The summed E-state index contributed by atoms with van der Waals surface area (Å²) < 4.78 is 8.36. The largest absolute Gasteiger partial charge is 0.427 e. The molecule has 124 valence electrons. The van der Waals surface area contributed by atoms with E-state index in [1.54, 1.807) is 0 Å². The molecule has 0 radical (unpaired) electrons. The van der Waals surface area contributed by atoms with E-state index in [0.29, 0.717) is 10.8 Å². The SMILES string of the molecule is CCc1cc2cc(OC(C)=O)ccc2n1Cc1ccc(Cl)c(Br)c1. The van der Waals surface area contributed by atoms with Gasteiger partial charge in [0.15, 0.2) is 0 Å². The number of hydrogen-bond acceptors (Lipinski definition) is 2. The molecule has 0 atom stereocenters. The Morgan fingerprint density at radius 1 is 1.21 bits per heavy atom. The molecule has 0 saturated carbocycles. The van der Waals surface area contributed by atoms with Gasteiger partial charge in [0.05, 0.1) is 5.02 Å². The van der Waals surface area contributed by atoms with Crippen molar-refractivity contribution in [2.75, 3.05) is 0 Å². The van der Waals surface area contributed by atoms with Crippen LogP contribution >= 0.6 is 27.5 Å². The lowest BCUT2D eigenvalue weighted by molar-refractivity contribution is -0.131. The average Bonchev–Trinajstić information content (AvgIpc) is 2.87. The van der Waals surface area contributed by atoms with Gasteiger partial charge in [0.2, 0.25) is 0 Å². The van der Waals surface area contributed by atoms with Crippen LogP contribution in [0.5, 0.6) is 5.75 Å². The molecule has 0 aliphatic rings. The maximum atomic E-state index is 11.1. The number of nitrogens with zero attached hydrogens (tertiary/aromatic N) is 1. The standard InChI is InChI=1S/C19H17BrClNO2/c1-3-15-9-14-10-16(24-12(2)23)5-7-19(14)22(15)11-13-4-6-18(21)17(20)8-13/h4-10H,3,11H2,1-2H3. The summed E-state index contributed by atoms with van der Waals surface area (Å²) >= 11 is 9.56. The van der Waals surface area contributed by atoms with Gasteiger partial charge in [0, 0.05) is 34.5 Å². The third-order valence-corrected chi connectivity index (χ3v) is 5.12. The van der Waals surface area contributed by atoms with Crippen LogP contribution < -0.4 is 4.74 Å². The highest BCUT2D eigenvalue weighted by Gasteiger charge is 2.10. The number of hydrogen-bond donors (Lipinski definition) is 0. The van der Waals surface area contributed by atoms with Gasteiger partial charge in [-0.1, -0.05) is 24.6 Å². The number of carbonyl (C=O) groups is 1. The number of aryl methyl sites for hydroxylation is 1. The van der Waals surface area contributed by atoms with Crippen molar-refractivity contribution in [3.63, 3.8) is 0 Å². The second-order valence-electron chi connectivity index (χ2n) is 5.64. The molecule has 0 unspecified atom stereocenters. The van der Waals surface area contributed by atoms with Crippen LogP contribution in [0.3, 0.4) is 0 Å². The molecule has 0 spiro atoms. The molecular formula is C19H17BrClNO2. The van der Waals surface area contributed by atoms with Crippen molar-refractivity contribution >= 4 is 44.4 Å². The summed E-state index contributed by atoms with van der Waals surface area (Å²) in [4.78, 5) is 11.1. The molecule has 5 heteroatoms. The quantitative estimate of drug-likeness (QED) is 0.417. The topological polar surface area (TPSA) is 31.2 Å². The molecule has 3 nitrogen and oxygen atoms in total. The lowest BCUT2D eigenvalue weighted by Gasteiger charge is -2.11. The lowest BCUT2D eigenvalue weighted by Crippen LogP contribution is -2.04. The molecule has 0 amide bonds. The lowest BCUT2D eigenvalue weighted by atomic mass is 10.2. The maximum Gasteiger partial charge on any atom is 0.308 e. The minimum Gasteiger partial charge on any atom is -0.427 e. The number of rotatable bonds is 4. The fourth-order valence-corrected chi connectivity index (χ4v) is 3.38. The van der Waals surface area contributed by atoms with Crippen molar-refractivity contribution in [2.45, 2.75) is 26.8 Å². The summed E-state index contributed by atoms with van der Waals surface area (Å²) in [5.74, 6) is 0.263. The van der Waals surface area contributed by atoms with Crippen LogP contribution in [0.2, 0.25) is 5.02 Å². The second kappa shape index (κ2) is 6.99. The van der Waals surface area contributed by atoms with Crippen molar-refractivity contribution in [3.05, 3.63) is 63.2 Å². The highest BCUT2D eigenvalue weighted by Crippen LogP contribution is 2.28. The number of carbonyl (C=O) groups excluding carboxylic acids is 1. The number of fused-ring (bicyclic) bond motifs is 1. The van der Waals surface area contributed by atoms with Crippen molar-refractivity contribution in [1.29, 1.82) is 0 Å². The Labute approximate surface area is 154 Å². The number of esters is 1. The van der Waals surface area contributed by atoms with Crippen LogP contribution in [0, 0.1) is 0 Å². The Balaban J connectivity index is 2.02. The molecule has 0 saturated heterocycles. The molecular weight excluding hydrogens is 390 g/mol. The van der Waals surface area contributed by atoms with E-state index in [1.807, 2.05) is 36.4 Å². The summed E-state index contributed by atoms with van der Waals surface area (Å²) in [6, 6.07) is 13.9. The molecule has 0 aliphatic heterocycles. The molecule has 3 aromatic rings. The summed E-state index contributed by atoms with van der Waals surface area (Å²) in [7, 11) is 0. The zero-order chi connectivity index (χ0) is 17.3. The molecule has 24 heavy (non-hydrogen) atoms. The number of benzene rings is 2. The average molecular weight is 407 g/mol. The van der Waals surface area contributed by atoms with Gasteiger partial charge in [0.25, 0.3) is 0 Å². The molecule has 1 aromatic heterocycles. The van der Waals surface area contributed by atoms with Gasteiger partial charge in [0.1, 0.15) is 5.75 Å². The predicted molar refractivity (Wildman–Crippen MR) is 101 cm³/mol. The Morgan fingerprint density at radius 3 is 2.67 bits per heavy atom. The molecule has 2 aromatic carbocycles. The fraction of sp³-hybridized carbons (Fsp3) is 0.211. The van der Waals surface area contributed by atoms with Crippen molar-refractivity contribution < 1.29 is 9.53 Å². The highest BCUT2D eigenvalue weighted by atomic mass is 79.9. The highest BCUT2D eigenvalue weighted by molar-refractivity contribution is 9.10. The summed E-state index contributed by atoms with van der Waals surface area (Å²) in [5.41, 5.74) is 3.52. The number of ether oxygens (including phenoxy) is 1. The third kappa shape index (κ3) is 3.50. The van der Waals surface area contributed by atoms with Gasteiger partial charge >= 0.3 is 5.97 Å². The van der Waals surface area contributed by atoms with E-state index in [1.165, 1.54) is 18.2 Å². The Hall–Kier alpha value is -1.78. The van der Waals surface area contributed by atoms with Crippen LogP contribution in [0.15, 0.2) is 46.9 Å². The first kappa shape index (κ1) is 17.1. The molecule has 0 fully saturated rings. The molecule has 0 bridgehead atoms. The van der Waals surface area contributed by atoms with Crippen LogP contribution in [-0.2, 0) is 17.8 Å². The zero-order valence-electron chi connectivity index (χ0n) is 13.5. The zero-order valence-corrected chi connectivity index (χ0v) is 15.8. The van der Waals surface area contributed by atoms with Crippen LogP contribution in [0.4, 0.5) is 0 Å². The van der Waals surface area contributed by atoms with Gasteiger partial charge < -0.3 is 9.30 Å². The third-order valence-electron chi connectivity index (χ3n) is 3.91. The first-order valence-corrected chi connectivity index (χ1v) is 8.89. The summed E-state index contributed by atoms with van der Waals surface area (Å²) in [6.07, 6.45) is 0.923. The fourth-order valence-electron chi connectivity index (χ4n) is 2.84. The van der Waals surface area contributed by atoms with Gasteiger partial charge in [-0.05, 0) is 64.3 Å². The first-order chi connectivity index (χ1) is 11.5. The van der Waals surface area contributed by atoms with Crippen LogP contribution in [0.1, 0.15) is 25.1 Å². The number of aromatic nitrogens is 1. The van der Waals surface area contributed by atoms with Crippen LogP contribution in [0.25, 0.3) is 10.9 Å².